The van der Waals surface area contributed by atoms with Crippen molar-refractivity contribution in [2.75, 3.05) is 11.0 Å². The Bertz CT molecular complexity index is 142. The van der Waals surface area contributed by atoms with Crippen LogP contribution in [0.5, 0.6) is 0 Å². The number of amides is 1. The molecule has 0 saturated heterocycles. The number of carbonyl (C=O) groups is 1. The van der Waals surface area contributed by atoms with Crippen LogP contribution in [-0.4, -0.2) is 22.7 Å². The maximum absolute atomic E-state index is 11.0. The zero-order valence-electron chi connectivity index (χ0n) is 7.82. The molecule has 0 aromatic carbocycles. The lowest BCUT2D eigenvalue weighted by molar-refractivity contribution is 0.138. The van der Waals surface area contributed by atoms with E-state index in [0.717, 1.165) is 10.8 Å². The Balaban J connectivity index is 3.47. The van der Waals surface area contributed by atoms with Gasteiger partial charge in [0.15, 0.2) is 0 Å². The van der Waals surface area contributed by atoms with Gasteiger partial charge < -0.3 is 10.1 Å². The van der Waals surface area contributed by atoms with E-state index in [9.17, 15) is 4.79 Å². The van der Waals surface area contributed by atoms with Crippen molar-refractivity contribution in [1.82, 2.24) is 5.32 Å². The lowest BCUT2D eigenvalue weighted by Crippen LogP contribution is -2.41. The van der Waals surface area contributed by atoms with E-state index in [-0.39, 0.29) is 11.6 Å². The summed E-state index contributed by atoms with van der Waals surface area (Å²) in [6.45, 7) is 6.27. The molecule has 0 unspecified atom stereocenters. The fourth-order valence-corrected chi connectivity index (χ4v) is 0.873. The Labute approximate surface area is 87.4 Å². The minimum Gasteiger partial charge on any atom is -0.450 e. The number of hydrogen-bond donors (Lipinski definition) is 1. The smallest absolute Gasteiger partial charge is 0.407 e. The molecule has 0 aromatic rings. The average Bonchev–Trinajstić information content (AvgIpc) is 1.84. The zero-order valence-corrected chi connectivity index (χ0v) is 9.97. The van der Waals surface area contributed by atoms with Gasteiger partial charge in [-0.05, 0) is 27.2 Å². The lowest BCUT2D eigenvalue weighted by atomic mass is 10.1. The van der Waals surface area contributed by atoms with Crippen LogP contribution in [0.2, 0.25) is 0 Å². The highest BCUT2D eigenvalue weighted by Crippen LogP contribution is 1.99. The standard InChI is InChI=1S/C8H16INO2/c1-8(2,3)10-7(11)12-6-4-5-9/h4-6H2,1-3H3,(H,10,11). The van der Waals surface area contributed by atoms with E-state index in [1.165, 1.54) is 0 Å². The predicted octanol–water partition coefficient (Wildman–Crippen LogP) is 2.34. The Morgan fingerprint density at radius 2 is 2.08 bits per heavy atom. The number of carbonyl (C=O) groups excluding carboxylic acids is 1. The number of hydrogen-bond acceptors (Lipinski definition) is 2. The summed E-state index contributed by atoms with van der Waals surface area (Å²) in [6, 6.07) is 0. The van der Waals surface area contributed by atoms with Crippen molar-refractivity contribution in [3.8, 4) is 0 Å². The third-order valence-corrected chi connectivity index (χ3v) is 1.75. The van der Waals surface area contributed by atoms with Gasteiger partial charge in [0.05, 0.1) is 6.61 Å². The molecule has 0 heterocycles. The highest BCUT2D eigenvalue weighted by molar-refractivity contribution is 14.1. The minimum absolute atomic E-state index is 0.207. The van der Waals surface area contributed by atoms with E-state index in [1.54, 1.807) is 0 Å². The molecule has 0 aliphatic rings. The van der Waals surface area contributed by atoms with Crippen LogP contribution in [0.3, 0.4) is 0 Å². The van der Waals surface area contributed by atoms with Gasteiger partial charge in [-0.1, -0.05) is 22.6 Å². The average molecular weight is 285 g/mol. The van der Waals surface area contributed by atoms with Crippen LogP contribution in [0, 0.1) is 0 Å². The lowest BCUT2D eigenvalue weighted by Gasteiger charge is -2.19. The first-order chi connectivity index (χ1) is 5.45. The molecular formula is C8H16INO2. The summed E-state index contributed by atoms with van der Waals surface area (Å²) in [5, 5.41) is 2.71. The number of alkyl halides is 1. The molecule has 0 aliphatic heterocycles. The molecule has 0 rings (SSSR count). The molecule has 4 heteroatoms. The number of rotatable bonds is 3. The molecule has 1 amide bonds. The van der Waals surface area contributed by atoms with Crippen molar-refractivity contribution < 1.29 is 9.53 Å². The number of nitrogens with one attached hydrogen (secondary N) is 1. The van der Waals surface area contributed by atoms with Crippen molar-refractivity contribution in [3.05, 3.63) is 0 Å². The van der Waals surface area contributed by atoms with Crippen molar-refractivity contribution in [3.63, 3.8) is 0 Å². The van der Waals surface area contributed by atoms with E-state index in [4.69, 9.17) is 4.74 Å². The molecule has 12 heavy (non-hydrogen) atoms. The van der Waals surface area contributed by atoms with Gasteiger partial charge in [0.1, 0.15) is 0 Å². The zero-order chi connectivity index (χ0) is 9.61. The van der Waals surface area contributed by atoms with Crippen LogP contribution in [-0.2, 0) is 4.74 Å². The molecule has 3 nitrogen and oxygen atoms in total. The van der Waals surface area contributed by atoms with Gasteiger partial charge in [-0.3, -0.25) is 0 Å². The molecule has 72 valence electrons. The molecule has 0 bridgehead atoms. The van der Waals surface area contributed by atoms with Crippen LogP contribution >= 0.6 is 22.6 Å². The first kappa shape index (κ1) is 12.0. The number of ether oxygens (including phenoxy) is 1. The molecule has 0 spiro atoms. The topological polar surface area (TPSA) is 38.3 Å². The molecule has 0 fully saturated rings. The Morgan fingerprint density at radius 3 is 2.50 bits per heavy atom. The first-order valence-electron chi connectivity index (χ1n) is 3.96. The summed E-state index contributed by atoms with van der Waals surface area (Å²) < 4.78 is 5.92. The quantitative estimate of drug-likeness (QED) is 0.491. The fourth-order valence-electron chi connectivity index (χ4n) is 0.562. The van der Waals surface area contributed by atoms with Crippen molar-refractivity contribution in [2.45, 2.75) is 32.7 Å². The van der Waals surface area contributed by atoms with Crippen molar-refractivity contribution in [1.29, 1.82) is 0 Å². The van der Waals surface area contributed by atoms with E-state index in [1.807, 2.05) is 20.8 Å². The van der Waals surface area contributed by atoms with E-state index >= 15 is 0 Å². The van der Waals surface area contributed by atoms with E-state index in [2.05, 4.69) is 27.9 Å². The summed E-state index contributed by atoms with van der Waals surface area (Å²) in [5.74, 6) is 0. The highest BCUT2D eigenvalue weighted by Gasteiger charge is 2.13. The summed E-state index contributed by atoms with van der Waals surface area (Å²) in [7, 11) is 0. The normalized spacial score (nSPS) is 11.0. The molecule has 0 aromatic heterocycles. The molecule has 0 radical (unpaired) electrons. The van der Waals surface area contributed by atoms with Crippen LogP contribution in [0.1, 0.15) is 27.2 Å². The monoisotopic (exact) mass is 285 g/mol. The summed E-state index contributed by atoms with van der Waals surface area (Å²) >= 11 is 2.25. The second kappa shape index (κ2) is 5.61. The summed E-state index contributed by atoms with van der Waals surface area (Å²) in [5.41, 5.74) is -0.207. The molecule has 0 aliphatic carbocycles. The van der Waals surface area contributed by atoms with Gasteiger partial charge in [-0.2, -0.15) is 0 Å². The molecule has 0 atom stereocenters. The summed E-state index contributed by atoms with van der Waals surface area (Å²) in [4.78, 5) is 11.0. The van der Waals surface area contributed by atoms with E-state index < -0.39 is 0 Å². The largest absolute Gasteiger partial charge is 0.450 e. The van der Waals surface area contributed by atoms with Gasteiger partial charge >= 0.3 is 6.09 Å². The van der Waals surface area contributed by atoms with Crippen LogP contribution in [0.4, 0.5) is 4.79 Å². The summed E-state index contributed by atoms with van der Waals surface area (Å²) in [6.07, 6.45) is 0.588. The molecule has 0 saturated carbocycles. The predicted molar refractivity (Wildman–Crippen MR) is 57.7 cm³/mol. The van der Waals surface area contributed by atoms with Crippen LogP contribution in [0.15, 0.2) is 0 Å². The van der Waals surface area contributed by atoms with Gasteiger partial charge in [0.25, 0.3) is 0 Å². The van der Waals surface area contributed by atoms with Gasteiger partial charge in [0, 0.05) is 9.97 Å². The van der Waals surface area contributed by atoms with Crippen LogP contribution in [0.25, 0.3) is 0 Å². The van der Waals surface area contributed by atoms with Gasteiger partial charge in [0.2, 0.25) is 0 Å². The Morgan fingerprint density at radius 1 is 1.50 bits per heavy atom. The van der Waals surface area contributed by atoms with Crippen molar-refractivity contribution in [2.24, 2.45) is 0 Å². The third kappa shape index (κ3) is 8.10. The van der Waals surface area contributed by atoms with Crippen LogP contribution < -0.4 is 5.32 Å². The minimum atomic E-state index is -0.327. The SMILES string of the molecule is CC(C)(C)NC(=O)OCCCI. The molecular weight excluding hydrogens is 269 g/mol. The number of alkyl carbamates (subject to hydrolysis) is 1. The second-order valence-electron chi connectivity index (χ2n) is 3.55. The second-order valence-corrected chi connectivity index (χ2v) is 4.63. The first-order valence-corrected chi connectivity index (χ1v) is 5.49. The fraction of sp³-hybridized carbons (Fsp3) is 0.875. The Kier molecular flexibility index (Phi) is 5.61. The maximum Gasteiger partial charge on any atom is 0.407 e. The Hall–Kier alpha value is 0. The molecule has 1 N–H and O–H groups in total. The highest BCUT2D eigenvalue weighted by atomic mass is 127. The van der Waals surface area contributed by atoms with Gasteiger partial charge in [-0.15, -0.1) is 0 Å². The maximum atomic E-state index is 11.0. The van der Waals surface area contributed by atoms with Gasteiger partial charge in [-0.25, -0.2) is 4.79 Å². The third-order valence-electron chi connectivity index (χ3n) is 0.988. The van der Waals surface area contributed by atoms with E-state index in [0.29, 0.717) is 6.61 Å². The number of halogens is 1. The van der Waals surface area contributed by atoms with Crippen molar-refractivity contribution >= 4 is 28.7 Å².